The van der Waals surface area contributed by atoms with Gasteiger partial charge in [-0.05, 0) is 49.1 Å². The van der Waals surface area contributed by atoms with Crippen molar-refractivity contribution in [3.05, 3.63) is 64.7 Å². The molecule has 1 saturated carbocycles. The lowest BCUT2D eigenvalue weighted by Gasteiger charge is -2.16. The molecule has 3 rings (SSSR count). The van der Waals surface area contributed by atoms with E-state index in [1.807, 2.05) is 6.07 Å². The van der Waals surface area contributed by atoms with E-state index in [9.17, 15) is 9.18 Å². The average Bonchev–Trinajstić information content (AvgIpc) is 3.38. The standard InChI is InChI=1S/C18H16FN3O/c1-12-5-8-21-15(16(12)19)11-22-17(23)18(6-7-18)14-4-2-3-13(9-14)10-20/h2-5,8-9H,6-7,11H2,1H3,(H,22,23). The fraction of sp³-hybridized carbons (Fsp3) is 0.278. The Hall–Kier alpha value is -2.74. The number of nitrogens with zero attached hydrogens (tertiary/aromatic N) is 2. The van der Waals surface area contributed by atoms with Crippen LogP contribution in [-0.2, 0) is 16.8 Å². The molecular weight excluding hydrogens is 293 g/mol. The third kappa shape index (κ3) is 2.80. The van der Waals surface area contributed by atoms with Crippen molar-refractivity contribution < 1.29 is 9.18 Å². The number of aromatic nitrogens is 1. The first-order chi connectivity index (χ1) is 11.1. The molecule has 4 nitrogen and oxygen atoms in total. The van der Waals surface area contributed by atoms with E-state index in [1.54, 1.807) is 31.2 Å². The van der Waals surface area contributed by atoms with E-state index in [2.05, 4.69) is 16.4 Å². The number of rotatable bonds is 4. The first-order valence-electron chi connectivity index (χ1n) is 7.46. The SMILES string of the molecule is Cc1ccnc(CNC(=O)C2(c3cccc(C#N)c3)CC2)c1F. The fourth-order valence-electron chi connectivity index (χ4n) is 2.71. The van der Waals surface area contributed by atoms with Gasteiger partial charge in [-0.1, -0.05) is 12.1 Å². The van der Waals surface area contributed by atoms with Gasteiger partial charge in [-0.2, -0.15) is 5.26 Å². The molecule has 23 heavy (non-hydrogen) atoms. The molecule has 0 aliphatic heterocycles. The molecule has 0 spiro atoms. The Kier molecular flexibility index (Phi) is 3.83. The maximum absolute atomic E-state index is 13.9. The number of carbonyl (C=O) groups excluding carboxylic acids is 1. The van der Waals surface area contributed by atoms with E-state index in [-0.39, 0.29) is 24.0 Å². The summed E-state index contributed by atoms with van der Waals surface area (Å²) in [6, 6.07) is 10.8. The van der Waals surface area contributed by atoms with Gasteiger partial charge in [0.1, 0.15) is 5.82 Å². The highest BCUT2D eigenvalue weighted by Gasteiger charge is 2.51. The second-order valence-corrected chi connectivity index (χ2v) is 5.85. The average molecular weight is 309 g/mol. The highest BCUT2D eigenvalue weighted by atomic mass is 19.1. The van der Waals surface area contributed by atoms with Crippen molar-refractivity contribution in [3.8, 4) is 6.07 Å². The van der Waals surface area contributed by atoms with Crippen molar-refractivity contribution in [1.29, 1.82) is 5.26 Å². The minimum absolute atomic E-state index is 0.0615. The molecule has 1 heterocycles. The molecule has 0 radical (unpaired) electrons. The van der Waals surface area contributed by atoms with Gasteiger partial charge in [-0.3, -0.25) is 9.78 Å². The van der Waals surface area contributed by atoms with E-state index < -0.39 is 5.41 Å². The Balaban J connectivity index is 1.75. The number of hydrogen-bond donors (Lipinski definition) is 1. The Morgan fingerprint density at radius 3 is 2.91 bits per heavy atom. The number of hydrogen-bond acceptors (Lipinski definition) is 3. The zero-order chi connectivity index (χ0) is 16.4. The Morgan fingerprint density at radius 1 is 1.43 bits per heavy atom. The highest BCUT2D eigenvalue weighted by molar-refractivity contribution is 5.91. The van der Waals surface area contributed by atoms with Crippen molar-refractivity contribution in [2.24, 2.45) is 0 Å². The van der Waals surface area contributed by atoms with E-state index in [4.69, 9.17) is 5.26 Å². The summed E-state index contributed by atoms with van der Waals surface area (Å²) in [5, 5.41) is 11.8. The molecule has 1 aromatic heterocycles. The second-order valence-electron chi connectivity index (χ2n) is 5.85. The third-order valence-electron chi connectivity index (χ3n) is 4.30. The highest BCUT2D eigenvalue weighted by Crippen LogP contribution is 2.48. The van der Waals surface area contributed by atoms with Gasteiger partial charge in [0.05, 0.1) is 29.3 Å². The van der Waals surface area contributed by atoms with Crippen LogP contribution in [0.25, 0.3) is 0 Å². The minimum atomic E-state index is -0.590. The maximum atomic E-state index is 13.9. The van der Waals surface area contributed by atoms with Crippen LogP contribution in [-0.4, -0.2) is 10.9 Å². The molecule has 0 saturated heterocycles. The van der Waals surface area contributed by atoms with Crippen LogP contribution in [0.15, 0.2) is 36.5 Å². The number of benzene rings is 1. The molecule has 1 amide bonds. The van der Waals surface area contributed by atoms with Gasteiger partial charge >= 0.3 is 0 Å². The number of halogens is 1. The molecule has 1 aliphatic carbocycles. The van der Waals surface area contributed by atoms with Crippen molar-refractivity contribution in [3.63, 3.8) is 0 Å². The number of aryl methyl sites for hydroxylation is 1. The first kappa shape index (κ1) is 15.2. The summed E-state index contributed by atoms with van der Waals surface area (Å²) in [5.41, 5.74) is 1.53. The molecule has 2 aromatic rings. The van der Waals surface area contributed by atoms with Gasteiger partial charge in [0.25, 0.3) is 0 Å². The predicted molar refractivity (Wildman–Crippen MR) is 82.8 cm³/mol. The van der Waals surface area contributed by atoms with Crippen molar-refractivity contribution >= 4 is 5.91 Å². The minimum Gasteiger partial charge on any atom is -0.350 e. The molecule has 116 valence electrons. The van der Waals surface area contributed by atoms with Crippen LogP contribution < -0.4 is 5.32 Å². The lowest BCUT2D eigenvalue weighted by atomic mass is 9.93. The predicted octanol–water partition coefficient (Wildman–Crippen LogP) is 2.75. The summed E-state index contributed by atoms with van der Waals surface area (Å²) >= 11 is 0. The van der Waals surface area contributed by atoms with Crippen LogP contribution in [0.1, 0.15) is 35.2 Å². The summed E-state index contributed by atoms with van der Waals surface area (Å²) < 4.78 is 13.9. The van der Waals surface area contributed by atoms with Crippen LogP contribution in [0, 0.1) is 24.1 Å². The fourth-order valence-corrected chi connectivity index (χ4v) is 2.71. The summed E-state index contributed by atoms with van der Waals surface area (Å²) in [5.74, 6) is -0.528. The van der Waals surface area contributed by atoms with Crippen LogP contribution in [0.2, 0.25) is 0 Å². The molecule has 0 bridgehead atoms. The molecule has 0 unspecified atom stereocenters. The number of carbonyl (C=O) groups is 1. The van der Waals surface area contributed by atoms with E-state index in [1.165, 1.54) is 6.20 Å². The number of nitriles is 1. The lowest BCUT2D eigenvalue weighted by molar-refractivity contribution is -0.123. The Morgan fingerprint density at radius 2 is 2.22 bits per heavy atom. The quantitative estimate of drug-likeness (QED) is 0.944. The zero-order valence-electron chi connectivity index (χ0n) is 12.8. The molecular formula is C18H16FN3O. The molecule has 1 fully saturated rings. The van der Waals surface area contributed by atoms with Crippen LogP contribution >= 0.6 is 0 Å². The zero-order valence-corrected chi connectivity index (χ0v) is 12.8. The number of amides is 1. The Bertz CT molecular complexity index is 806. The Labute approximate surface area is 134 Å². The van der Waals surface area contributed by atoms with Gasteiger partial charge in [-0.25, -0.2) is 4.39 Å². The summed E-state index contributed by atoms with van der Waals surface area (Å²) in [6.45, 7) is 1.73. The lowest BCUT2D eigenvalue weighted by Crippen LogP contribution is -2.34. The normalized spacial score (nSPS) is 14.8. The van der Waals surface area contributed by atoms with Crippen LogP contribution in [0.5, 0.6) is 0 Å². The summed E-state index contributed by atoms with van der Waals surface area (Å²) in [4.78, 5) is 16.5. The first-order valence-corrected chi connectivity index (χ1v) is 7.46. The molecule has 1 N–H and O–H groups in total. The van der Waals surface area contributed by atoms with E-state index >= 15 is 0 Å². The summed E-state index contributed by atoms with van der Waals surface area (Å²) in [6.07, 6.45) is 3.00. The maximum Gasteiger partial charge on any atom is 0.230 e. The molecule has 1 aromatic carbocycles. The van der Waals surface area contributed by atoms with Crippen LogP contribution in [0.3, 0.4) is 0 Å². The van der Waals surface area contributed by atoms with E-state index in [0.717, 1.165) is 18.4 Å². The monoisotopic (exact) mass is 309 g/mol. The number of nitrogens with one attached hydrogen (secondary N) is 1. The molecule has 0 atom stereocenters. The van der Waals surface area contributed by atoms with Crippen molar-refractivity contribution in [1.82, 2.24) is 10.3 Å². The number of pyridine rings is 1. The van der Waals surface area contributed by atoms with Gasteiger partial charge in [-0.15, -0.1) is 0 Å². The molecule has 5 heteroatoms. The van der Waals surface area contributed by atoms with Crippen molar-refractivity contribution in [2.75, 3.05) is 0 Å². The van der Waals surface area contributed by atoms with Gasteiger partial charge < -0.3 is 5.32 Å². The smallest absolute Gasteiger partial charge is 0.230 e. The largest absolute Gasteiger partial charge is 0.350 e. The topological polar surface area (TPSA) is 65.8 Å². The summed E-state index contributed by atoms with van der Waals surface area (Å²) in [7, 11) is 0. The van der Waals surface area contributed by atoms with Crippen LogP contribution in [0.4, 0.5) is 4.39 Å². The third-order valence-corrected chi connectivity index (χ3v) is 4.30. The second kappa shape index (κ2) is 5.81. The molecule has 1 aliphatic rings. The van der Waals surface area contributed by atoms with Gasteiger partial charge in [0.2, 0.25) is 5.91 Å². The van der Waals surface area contributed by atoms with Gasteiger partial charge in [0.15, 0.2) is 0 Å². The van der Waals surface area contributed by atoms with Gasteiger partial charge in [0, 0.05) is 6.20 Å². The van der Waals surface area contributed by atoms with E-state index in [0.29, 0.717) is 11.1 Å². The van der Waals surface area contributed by atoms with Crippen molar-refractivity contribution in [2.45, 2.75) is 31.7 Å².